The van der Waals surface area contributed by atoms with Gasteiger partial charge < -0.3 is 19.9 Å². The van der Waals surface area contributed by atoms with E-state index in [1.807, 2.05) is 35.0 Å². The number of nitrogens with zero attached hydrogens (tertiary/aromatic N) is 5. The molecule has 1 amide bonds. The van der Waals surface area contributed by atoms with Crippen LogP contribution < -0.4 is 15.0 Å². The molecule has 0 radical (unpaired) electrons. The summed E-state index contributed by atoms with van der Waals surface area (Å²) in [5, 5.41) is 8.91. The van der Waals surface area contributed by atoms with Crippen molar-refractivity contribution < 1.29 is 9.53 Å². The summed E-state index contributed by atoms with van der Waals surface area (Å²) in [7, 11) is 1.67. The Hall–Kier alpha value is -2.65. The van der Waals surface area contributed by atoms with Crippen molar-refractivity contribution in [3.05, 3.63) is 30.5 Å². The van der Waals surface area contributed by atoms with E-state index in [0.29, 0.717) is 0 Å². The molecular formula is C25H34N6O2S. The fourth-order valence-corrected chi connectivity index (χ4v) is 5.83. The Morgan fingerprint density at radius 3 is 2.59 bits per heavy atom. The third-order valence-electron chi connectivity index (χ3n) is 6.95. The third kappa shape index (κ3) is 5.36. The van der Waals surface area contributed by atoms with Gasteiger partial charge in [-0.1, -0.05) is 17.8 Å². The molecule has 1 N–H and O–H groups in total. The van der Waals surface area contributed by atoms with E-state index in [1.165, 1.54) is 32.4 Å². The highest BCUT2D eigenvalue weighted by Crippen LogP contribution is 2.30. The zero-order valence-corrected chi connectivity index (χ0v) is 20.7. The highest BCUT2D eigenvalue weighted by molar-refractivity contribution is 7.20. The summed E-state index contributed by atoms with van der Waals surface area (Å²) in [5.74, 6) is 1.16. The van der Waals surface area contributed by atoms with Crippen LogP contribution in [0.3, 0.4) is 0 Å². The Labute approximate surface area is 204 Å². The normalized spacial score (nSPS) is 17.9. The van der Waals surface area contributed by atoms with Crippen LogP contribution in [0.5, 0.6) is 5.75 Å². The van der Waals surface area contributed by atoms with E-state index in [1.54, 1.807) is 18.4 Å². The number of ether oxygens (including phenoxy) is 1. The molecule has 2 fully saturated rings. The molecule has 0 unspecified atom stereocenters. The van der Waals surface area contributed by atoms with Crippen LogP contribution in [0, 0.1) is 5.92 Å². The zero-order valence-electron chi connectivity index (χ0n) is 19.9. The molecule has 0 atom stereocenters. The van der Waals surface area contributed by atoms with E-state index >= 15 is 0 Å². The number of carbonyl (C=O) groups is 1. The monoisotopic (exact) mass is 482 g/mol. The van der Waals surface area contributed by atoms with Crippen LogP contribution in [0.4, 0.5) is 5.13 Å². The van der Waals surface area contributed by atoms with Crippen molar-refractivity contribution in [1.82, 2.24) is 24.8 Å². The number of fused-ring (bicyclic) bond motifs is 1. The number of methoxy groups -OCH3 is 1. The summed E-state index contributed by atoms with van der Waals surface area (Å²) in [4.78, 5) is 23.1. The first-order valence-electron chi connectivity index (χ1n) is 12.5. The number of nitrogens with one attached hydrogen (secondary N) is 1. The summed E-state index contributed by atoms with van der Waals surface area (Å²) in [6, 6.07) is 7.90. The van der Waals surface area contributed by atoms with E-state index in [9.17, 15) is 4.79 Å². The van der Waals surface area contributed by atoms with E-state index in [2.05, 4.69) is 15.1 Å². The van der Waals surface area contributed by atoms with Crippen LogP contribution >= 0.6 is 11.3 Å². The van der Waals surface area contributed by atoms with Gasteiger partial charge in [0.2, 0.25) is 16.0 Å². The average Bonchev–Trinajstić information content (AvgIpc) is 3.47. The van der Waals surface area contributed by atoms with Gasteiger partial charge in [0.15, 0.2) is 0 Å². The molecular weight excluding hydrogens is 448 g/mol. The lowest BCUT2D eigenvalue weighted by Gasteiger charge is -2.31. The molecule has 2 aliphatic heterocycles. The maximum absolute atomic E-state index is 12.6. The second kappa shape index (κ2) is 10.7. The summed E-state index contributed by atoms with van der Waals surface area (Å²) >= 11 is 1.60. The van der Waals surface area contributed by atoms with Gasteiger partial charge in [0.05, 0.1) is 19.0 Å². The van der Waals surface area contributed by atoms with E-state index in [4.69, 9.17) is 14.8 Å². The first-order chi connectivity index (χ1) is 16.7. The van der Waals surface area contributed by atoms with Crippen LogP contribution in [0.25, 0.3) is 16.2 Å². The Kier molecular flexibility index (Phi) is 7.30. The van der Waals surface area contributed by atoms with Crippen molar-refractivity contribution >= 4 is 27.3 Å². The number of hydrogen-bond donors (Lipinski definition) is 1. The minimum Gasteiger partial charge on any atom is -0.497 e. The number of aromatic nitrogens is 3. The summed E-state index contributed by atoms with van der Waals surface area (Å²) in [5.41, 5.74) is 1.95. The Morgan fingerprint density at radius 2 is 1.88 bits per heavy atom. The molecule has 5 rings (SSSR count). The lowest BCUT2D eigenvalue weighted by molar-refractivity contribution is -0.125. The first kappa shape index (κ1) is 23.1. The molecule has 2 saturated heterocycles. The molecule has 0 spiro atoms. The van der Waals surface area contributed by atoms with Gasteiger partial charge in [-0.15, -0.1) is 5.10 Å². The molecule has 3 aromatic rings. The maximum Gasteiger partial charge on any atom is 0.223 e. The molecule has 1 aromatic carbocycles. The van der Waals surface area contributed by atoms with Crippen LogP contribution in [-0.4, -0.2) is 71.8 Å². The molecule has 34 heavy (non-hydrogen) atoms. The molecule has 8 nitrogen and oxygen atoms in total. The fourth-order valence-electron chi connectivity index (χ4n) is 4.89. The highest BCUT2D eigenvalue weighted by atomic mass is 32.1. The van der Waals surface area contributed by atoms with Gasteiger partial charge >= 0.3 is 0 Å². The topological polar surface area (TPSA) is 75.0 Å². The van der Waals surface area contributed by atoms with Crippen molar-refractivity contribution in [2.24, 2.45) is 5.92 Å². The lowest BCUT2D eigenvalue weighted by atomic mass is 9.96. The second-order valence-corrected chi connectivity index (χ2v) is 10.2. The molecule has 0 aliphatic carbocycles. The number of piperidine rings is 2. The molecule has 4 heterocycles. The Bertz CT molecular complexity index is 1050. The summed E-state index contributed by atoms with van der Waals surface area (Å²) in [6.07, 6.45) is 8.76. The number of anilines is 1. The Balaban J connectivity index is 1.09. The predicted octanol–water partition coefficient (Wildman–Crippen LogP) is 3.68. The third-order valence-corrected chi connectivity index (χ3v) is 7.94. The van der Waals surface area contributed by atoms with Gasteiger partial charge in [-0.25, -0.2) is 9.50 Å². The van der Waals surface area contributed by atoms with Crippen molar-refractivity contribution in [3.8, 4) is 17.0 Å². The molecule has 2 aromatic heterocycles. The molecule has 2 aliphatic rings. The highest BCUT2D eigenvalue weighted by Gasteiger charge is 2.26. The fraction of sp³-hybridized carbons (Fsp3) is 0.560. The molecule has 182 valence electrons. The largest absolute Gasteiger partial charge is 0.497 e. The maximum atomic E-state index is 12.6. The molecule has 0 bridgehead atoms. The van der Waals surface area contributed by atoms with E-state index in [-0.39, 0.29) is 11.8 Å². The first-order valence-corrected chi connectivity index (χ1v) is 13.3. The number of benzene rings is 1. The minimum absolute atomic E-state index is 0.108. The SMILES string of the molecule is COc1ccc(-c2cn3nc(N4CCC(C(=O)NCCCN5CCCCC5)CC4)sc3n2)cc1. The smallest absolute Gasteiger partial charge is 0.223 e. The van der Waals surface area contributed by atoms with Gasteiger partial charge in [-0.2, -0.15) is 0 Å². The predicted molar refractivity (Wildman–Crippen MR) is 136 cm³/mol. The Morgan fingerprint density at radius 1 is 1.12 bits per heavy atom. The number of likely N-dealkylation sites (tertiary alicyclic amines) is 1. The van der Waals surface area contributed by atoms with E-state index in [0.717, 1.165) is 72.5 Å². The number of carbonyl (C=O) groups excluding carboxylic acids is 1. The number of amides is 1. The van der Waals surface area contributed by atoms with Gasteiger partial charge in [0.25, 0.3) is 0 Å². The van der Waals surface area contributed by atoms with Crippen LogP contribution in [-0.2, 0) is 4.79 Å². The molecule has 9 heteroatoms. The van der Waals surface area contributed by atoms with Gasteiger partial charge in [-0.3, -0.25) is 4.79 Å². The average molecular weight is 483 g/mol. The van der Waals surface area contributed by atoms with Crippen molar-refractivity contribution in [2.75, 3.05) is 51.3 Å². The quantitative estimate of drug-likeness (QED) is 0.494. The zero-order chi connectivity index (χ0) is 23.3. The summed E-state index contributed by atoms with van der Waals surface area (Å²) in [6.45, 7) is 6.04. The number of rotatable bonds is 8. The van der Waals surface area contributed by atoms with Crippen molar-refractivity contribution in [3.63, 3.8) is 0 Å². The van der Waals surface area contributed by atoms with Crippen LogP contribution in [0.1, 0.15) is 38.5 Å². The van der Waals surface area contributed by atoms with Crippen molar-refractivity contribution in [2.45, 2.75) is 38.5 Å². The van der Waals surface area contributed by atoms with Gasteiger partial charge in [0, 0.05) is 31.1 Å². The van der Waals surface area contributed by atoms with Gasteiger partial charge in [-0.05, 0) is 76.0 Å². The standard InChI is InChI=1S/C25H34N6O2S/c1-33-21-8-6-19(7-9-21)22-18-31-24(27-22)34-25(28-31)30-16-10-20(11-17-30)23(32)26-12-5-15-29-13-3-2-4-14-29/h6-9,18,20H,2-5,10-17H2,1H3,(H,26,32). The minimum atomic E-state index is 0.108. The number of imidazole rings is 1. The summed E-state index contributed by atoms with van der Waals surface area (Å²) < 4.78 is 7.09. The van der Waals surface area contributed by atoms with E-state index < -0.39 is 0 Å². The number of hydrogen-bond acceptors (Lipinski definition) is 7. The van der Waals surface area contributed by atoms with Gasteiger partial charge in [0.1, 0.15) is 5.75 Å². The van der Waals surface area contributed by atoms with Crippen molar-refractivity contribution in [1.29, 1.82) is 0 Å². The second-order valence-electron chi connectivity index (χ2n) is 9.27. The lowest BCUT2D eigenvalue weighted by Crippen LogP contribution is -2.41. The van der Waals surface area contributed by atoms with Crippen LogP contribution in [0.15, 0.2) is 30.5 Å². The molecule has 0 saturated carbocycles. The van der Waals surface area contributed by atoms with Crippen LogP contribution in [0.2, 0.25) is 0 Å².